The van der Waals surface area contributed by atoms with Crippen molar-refractivity contribution in [2.24, 2.45) is 0 Å². The molecule has 0 fully saturated rings. The lowest BCUT2D eigenvalue weighted by Gasteiger charge is -2.02. The molecule has 6 heteroatoms. The number of aryl methyl sites for hydroxylation is 1. The van der Waals surface area contributed by atoms with Crippen LogP contribution in [0.3, 0.4) is 0 Å². The summed E-state index contributed by atoms with van der Waals surface area (Å²) in [7, 11) is 0. The number of nitrogens with one attached hydrogen (secondary N) is 1. The molecule has 1 heterocycles. The lowest BCUT2D eigenvalue weighted by atomic mass is 10.4. The number of nitrogens with zero attached hydrogens (tertiary/aromatic N) is 2. The summed E-state index contributed by atoms with van der Waals surface area (Å²) in [5.74, 6) is -0.110. The van der Waals surface area contributed by atoms with Crippen LogP contribution < -0.4 is 5.32 Å². The molecular weight excluding hydrogens is 269 g/mol. The van der Waals surface area contributed by atoms with Crippen molar-refractivity contribution in [3.05, 3.63) is 16.9 Å². The van der Waals surface area contributed by atoms with E-state index in [9.17, 15) is 4.79 Å². The Morgan fingerprint density at radius 3 is 3.07 bits per heavy atom. The molecule has 0 bridgehead atoms. The topological polar surface area (TPSA) is 46.9 Å². The highest BCUT2D eigenvalue weighted by Gasteiger charge is 1.97. The molecule has 0 aliphatic carbocycles. The summed E-state index contributed by atoms with van der Waals surface area (Å²) in [4.78, 5) is 10.8. The van der Waals surface area contributed by atoms with E-state index in [1.54, 1.807) is 6.20 Å². The SMILES string of the molecule is O=C(CCl)NCCCn1cc(Br)cn1. The molecule has 0 atom stereocenters. The molecule has 1 amide bonds. The van der Waals surface area contributed by atoms with Crippen LogP contribution in [0.4, 0.5) is 0 Å². The van der Waals surface area contributed by atoms with Gasteiger partial charge in [-0.25, -0.2) is 0 Å². The van der Waals surface area contributed by atoms with E-state index >= 15 is 0 Å². The van der Waals surface area contributed by atoms with Crippen molar-refractivity contribution in [2.45, 2.75) is 13.0 Å². The van der Waals surface area contributed by atoms with Gasteiger partial charge in [-0.1, -0.05) is 0 Å². The van der Waals surface area contributed by atoms with Gasteiger partial charge in [-0.3, -0.25) is 9.48 Å². The minimum Gasteiger partial charge on any atom is -0.355 e. The lowest BCUT2D eigenvalue weighted by Crippen LogP contribution is -2.26. The molecule has 14 heavy (non-hydrogen) atoms. The smallest absolute Gasteiger partial charge is 0.234 e. The van der Waals surface area contributed by atoms with Gasteiger partial charge in [0.1, 0.15) is 5.88 Å². The number of carbonyl (C=O) groups is 1. The molecule has 1 aromatic heterocycles. The standard InChI is InChI=1S/C8H11BrClN3O/c9-7-5-12-13(6-7)3-1-2-11-8(14)4-10/h5-6H,1-4H2,(H,11,14). The minimum absolute atomic E-state index is 0.0211. The largest absolute Gasteiger partial charge is 0.355 e. The normalized spacial score (nSPS) is 10.1. The molecule has 0 unspecified atom stereocenters. The van der Waals surface area contributed by atoms with E-state index in [1.807, 2.05) is 10.9 Å². The zero-order valence-electron chi connectivity index (χ0n) is 7.54. The van der Waals surface area contributed by atoms with Crippen LogP contribution in [0.2, 0.25) is 0 Å². The van der Waals surface area contributed by atoms with Crippen molar-refractivity contribution in [3.63, 3.8) is 0 Å². The van der Waals surface area contributed by atoms with Gasteiger partial charge in [-0.2, -0.15) is 5.10 Å². The number of halogens is 2. The number of carbonyl (C=O) groups excluding carboxylic acids is 1. The van der Waals surface area contributed by atoms with Crippen molar-refractivity contribution in [1.29, 1.82) is 0 Å². The van der Waals surface area contributed by atoms with Crippen LogP contribution in [-0.2, 0) is 11.3 Å². The predicted molar refractivity (Wildman–Crippen MR) is 58.3 cm³/mol. The number of amides is 1. The van der Waals surface area contributed by atoms with Crippen LogP contribution in [0, 0.1) is 0 Å². The molecule has 78 valence electrons. The first kappa shape index (κ1) is 11.5. The van der Waals surface area contributed by atoms with E-state index in [0.717, 1.165) is 17.4 Å². The van der Waals surface area contributed by atoms with E-state index in [-0.39, 0.29) is 11.8 Å². The van der Waals surface area contributed by atoms with Crippen molar-refractivity contribution < 1.29 is 4.79 Å². The fourth-order valence-corrected chi connectivity index (χ4v) is 1.40. The number of alkyl halides is 1. The van der Waals surface area contributed by atoms with Gasteiger partial charge in [0.25, 0.3) is 0 Å². The Morgan fingerprint density at radius 2 is 2.50 bits per heavy atom. The zero-order chi connectivity index (χ0) is 10.4. The summed E-state index contributed by atoms with van der Waals surface area (Å²) in [6, 6.07) is 0. The number of hydrogen-bond donors (Lipinski definition) is 1. The average molecular weight is 281 g/mol. The highest BCUT2D eigenvalue weighted by molar-refractivity contribution is 9.10. The maximum Gasteiger partial charge on any atom is 0.234 e. The van der Waals surface area contributed by atoms with Crippen LogP contribution in [0.1, 0.15) is 6.42 Å². The van der Waals surface area contributed by atoms with E-state index in [1.165, 1.54) is 0 Å². The molecule has 0 saturated heterocycles. The Labute approximate surface area is 95.7 Å². The van der Waals surface area contributed by atoms with E-state index in [4.69, 9.17) is 11.6 Å². The molecule has 1 N–H and O–H groups in total. The van der Waals surface area contributed by atoms with Crippen LogP contribution in [-0.4, -0.2) is 28.1 Å². The molecule has 0 aliphatic rings. The highest BCUT2D eigenvalue weighted by atomic mass is 79.9. The summed E-state index contributed by atoms with van der Waals surface area (Å²) < 4.78 is 2.78. The van der Waals surface area contributed by atoms with Gasteiger partial charge >= 0.3 is 0 Å². The second kappa shape index (κ2) is 6.03. The van der Waals surface area contributed by atoms with E-state index in [2.05, 4.69) is 26.3 Å². The third-order valence-electron chi connectivity index (χ3n) is 1.61. The molecule has 0 aromatic carbocycles. The summed E-state index contributed by atoms with van der Waals surface area (Å²) in [6.45, 7) is 1.41. The second-order valence-electron chi connectivity index (χ2n) is 2.76. The van der Waals surface area contributed by atoms with Gasteiger partial charge in [0.2, 0.25) is 5.91 Å². The van der Waals surface area contributed by atoms with Crippen molar-refractivity contribution in [1.82, 2.24) is 15.1 Å². The Balaban J connectivity index is 2.13. The molecule has 0 aliphatic heterocycles. The van der Waals surface area contributed by atoms with Gasteiger partial charge in [0.05, 0.1) is 10.7 Å². The van der Waals surface area contributed by atoms with Crippen LogP contribution in [0.15, 0.2) is 16.9 Å². The van der Waals surface area contributed by atoms with Gasteiger partial charge in [-0.05, 0) is 22.4 Å². The number of hydrogen-bond acceptors (Lipinski definition) is 2. The van der Waals surface area contributed by atoms with Crippen LogP contribution >= 0.6 is 27.5 Å². The summed E-state index contributed by atoms with van der Waals surface area (Å²) >= 11 is 8.62. The third-order valence-corrected chi connectivity index (χ3v) is 2.26. The predicted octanol–water partition coefficient (Wildman–Crippen LogP) is 1.39. The molecular formula is C8H11BrClN3O. The van der Waals surface area contributed by atoms with Crippen LogP contribution in [0.5, 0.6) is 0 Å². The fraction of sp³-hybridized carbons (Fsp3) is 0.500. The summed E-state index contributed by atoms with van der Waals surface area (Å²) in [6.07, 6.45) is 4.47. The van der Waals surface area contributed by atoms with Gasteiger partial charge in [0, 0.05) is 19.3 Å². The molecule has 4 nitrogen and oxygen atoms in total. The summed E-state index contributed by atoms with van der Waals surface area (Å²) in [5, 5.41) is 6.77. The van der Waals surface area contributed by atoms with Crippen molar-refractivity contribution >= 4 is 33.4 Å². The van der Waals surface area contributed by atoms with Crippen LogP contribution in [0.25, 0.3) is 0 Å². The average Bonchev–Trinajstić information content (AvgIpc) is 2.58. The van der Waals surface area contributed by atoms with E-state index in [0.29, 0.717) is 6.54 Å². The maximum atomic E-state index is 10.8. The molecule has 0 spiro atoms. The lowest BCUT2D eigenvalue weighted by molar-refractivity contribution is -0.118. The number of aromatic nitrogens is 2. The van der Waals surface area contributed by atoms with Crippen molar-refractivity contribution in [3.8, 4) is 0 Å². The van der Waals surface area contributed by atoms with E-state index < -0.39 is 0 Å². The summed E-state index contributed by atoms with van der Waals surface area (Å²) in [5.41, 5.74) is 0. The third kappa shape index (κ3) is 4.11. The monoisotopic (exact) mass is 279 g/mol. The maximum absolute atomic E-state index is 10.8. The van der Waals surface area contributed by atoms with Gasteiger partial charge in [0.15, 0.2) is 0 Å². The second-order valence-corrected chi connectivity index (χ2v) is 3.94. The molecule has 0 saturated carbocycles. The Morgan fingerprint density at radius 1 is 1.71 bits per heavy atom. The first-order valence-electron chi connectivity index (χ1n) is 4.23. The molecule has 1 aromatic rings. The van der Waals surface area contributed by atoms with Gasteiger partial charge < -0.3 is 5.32 Å². The van der Waals surface area contributed by atoms with Crippen molar-refractivity contribution in [2.75, 3.05) is 12.4 Å². The first-order valence-corrected chi connectivity index (χ1v) is 5.55. The Hall–Kier alpha value is -0.550. The number of rotatable bonds is 5. The van der Waals surface area contributed by atoms with Gasteiger partial charge in [-0.15, -0.1) is 11.6 Å². The molecule has 1 rings (SSSR count). The minimum atomic E-state index is -0.131. The molecule has 0 radical (unpaired) electrons. The fourth-order valence-electron chi connectivity index (χ4n) is 0.977. The Bertz CT molecular complexity index is 303. The Kier molecular flexibility index (Phi) is 4.97. The quantitative estimate of drug-likeness (QED) is 0.654. The first-order chi connectivity index (χ1) is 6.72. The zero-order valence-corrected chi connectivity index (χ0v) is 9.88. The highest BCUT2D eigenvalue weighted by Crippen LogP contribution is 2.06.